The van der Waals surface area contributed by atoms with Crippen LogP contribution in [0, 0.1) is 0 Å². The summed E-state index contributed by atoms with van der Waals surface area (Å²) >= 11 is 3.45. The summed E-state index contributed by atoms with van der Waals surface area (Å²) in [6.07, 6.45) is 0.960. The monoisotopic (exact) mass is 378 g/mol. The van der Waals surface area contributed by atoms with Gasteiger partial charge in [0.05, 0.1) is 6.54 Å². The molecular weight excluding hydrogens is 360 g/mol. The minimum atomic E-state index is 0.808. The molecule has 0 aliphatic heterocycles. The van der Waals surface area contributed by atoms with E-state index in [4.69, 9.17) is 0 Å². The highest BCUT2D eigenvalue weighted by Gasteiger charge is 2.08. The van der Waals surface area contributed by atoms with Crippen molar-refractivity contribution in [2.75, 3.05) is 0 Å². The molecule has 0 N–H and O–H groups in total. The van der Waals surface area contributed by atoms with Crippen molar-refractivity contribution in [1.29, 1.82) is 0 Å². The molecule has 0 unspecified atom stereocenters. The third-order valence-corrected chi connectivity index (χ3v) is 6.04. The summed E-state index contributed by atoms with van der Waals surface area (Å²) in [6, 6.07) is 23.4. The Morgan fingerprint density at radius 3 is 2.46 bits per heavy atom. The first-order valence-electron chi connectivity index (χ1n) is 8.44. The van der Waals surface area contributed by atoms with E-state index in [1.54, 1.807) is 23.1 Å². The largest absolute Gasteiger partial charge is 0.220 e. The Hall–Kier alpha value is -2.44. The fourth-order valence-electron chi connectivity index (χ4n) is 2.68. The van der Waals surface area contributed by atoms with E-state index in [-0.39, 0.29) is 0 Å². The van der Waals surface area contributed by atoms with Gasteiger partial charge in [-0.05, 0) is 38.6 Å². The van der Waals surface area contributed by atoms with Crippen molar-refractivity contribution in [2.45, 2.75) is 23.9 Å². The lowest BCUT2D eigenvalue weighted by molar-refractivity contribution is 0.550. The Morgan fingerprint density at radius 1 is 0.885 bits per heavy atom. The molecule has 2 aromatic carbocycles. The second kappa shape index (κ2) is 8.29. The summed E-state index contributed by atoms with van der Waals surface area (Å²) in [7, 11) is 0. The molecule has 0 aliphatic carbocycles. The van der Waals surface area contributed by atoms with Gasteiger partial charge in [-0.3, -0.25) is 0 Å². The van der Waals surface area contributed by atoms with Crippen molar-refractivity contribution in [3.8, 4) is 11.1 Å². The number of tetrazole rings is 1. The van der Waals surface area contributed by atoms with Crippen LogP contribution in [0.25, 0.3) is 11.1 Å². The topological polar surface area (TPSA) is 43.6 Å². The van der Waals surface area contributed by atoms with Crippen LogP contribution < -0.4 is 0 Å². The third kappa shape index (κ3) is 4.20. The molecule has 0 saturated carbocycles. The normalized spacial score (nSPS) is 10.9. The number of hydrogen-bond donors (Lipinski definition) is 0. The molecule has 0 aliphatic rings. The number of thiophene rings is 1. The van der Waals surface area contributed by atoms with E-state index in [0.29, 0.717) is 0 Å². The maximum Gasteiger partial charge on any atom is 0.209 e. The van der Waals surface area contributed by atoms with Gasteiger partial charge in [0, 0.05) is 17.1 Å². The summed E-state index contributed by atoms with van der Waals surface area (Å²) in [5, 5.41) is 15.1. The molecule has 2 aromatic heterocycles. The summed E-state index contributed by atoms with van der Waals surface area (Å²) < 4.78 is 1.89. The van der Waals surface area contributed by atoms with Gasteiger partial charge in [-0.25, -0.2) is 4.68 Å². The van der Waals surface area contributed by atoms with Crippen LogP contribution in [0.3, 0.4) is 0 Å². The molecule has 0 radical (unpaired) electrons. The van der Waals surface area contributed by atoms with Crippen molar-refractivity contribution < 1.29 is 0 Å². The van der Waals surface area contributed by atoms with Crippen LogP contribution in [0.4, 0.5) is 0 Å². The lowest BCUT2D eigenvalue weighted by Gasteiger charge is -2.05. The molecule has 4 nitrogen and oxygen atoms in total. The molecule has 130 valence electrons. The van der Waals surface area contributed by atoms with Crippen LogP contribution in [0.15, 0.2) is 77.3 Å². The number of hydrogen-bond acceptors (Lipinski definition) is 5. The smallest absolute Gasteiger partial charge is 0.209 e. The lowest BCUT2D eigenvalue weighted by atomic mass is 10.0. The molecule has 26 heavy (non-hydrogen) atoms. The van der Waals surface area contributed by atoms with Gasteiger partial charge in [-0.2, -0.15) is 0 Å². The Morgan fingerprint density at radius 2 is 1.69 bits per heavy atom. The Kier molecular flexibility index (Phi) is 5.42. The van der Waals surface area contributed by atoms with E-state index in [0.717, 1.165) is 23.9 Å². The SMILES string of the molecule is c1ccc(-c2ccc(CSc3nnnn3CCc3cccs3)cc2)cc1. The molecule has 0 bridgehead atoms. The molecule has 0 fully saturated rings. The molecule has 0 spiro atoms. The molecule has 6 heteroatoms. The van der Waals surface area contributed by atoms with Crippen LogP contribution >= 0.6 is 23.1 Å². The van der Waals surface area contributed by atoms with E-state index in [9.17, 15) is 0 Å². The average molecular weight is 379 g/mol. The fourth-order valence-corrected chi connectivity index (χ4v) is 4.24. The van der Waals surface area contributed by atoms with Crippen molar-refractivity contribution in [2.24, 2.45) is 0 Å². The average Bonchev–Trinajstić information content (AvgIpc) is 3.37. The summed E-state index contributed by atoms with van der Waals surface area (Å²) in [5.41, 5.74) is 3.74. The van der Waals surface area contributed by atoms with Crippen LogP contribution in [0.2, 0.25) is 0 Å². The van der Waals surface area contributed by atoms with Crippen LogP contribution in [0.1, 0.15) is 10.4 Å². The van der Waals surface area contributed by atoms with E-state index in [1.807, 2.05) is 10.7 Å². The Balaban J connectivity index is 1.36. The van der Waals surface area contributed by atoms with E-state index < -0.39 is 0 Å². The van der Waals surface area contributed by atoms with Crippen molar-refractivity contribution >= 4 is 23.1 Å². The fraction of sp³-hybridized carbons (Fsp3) is 0.150. The molecule has 0 saturated heterocycles. The minimum absolute atomic E-state index is 0.808. The second-order valence-electron chi connectivity index (χ2n) is 5.87. The second-order valence-corrected chi connectivity index (χ2v) is 7.84. The molecule has 0 amide bonds. The van der Waals surface area contributed by atoms with Gasteiger partial charge in [-0.15, -0.1) is 16.4 Å². The van der Waals surface area contributed by atoms with E-state index >= 15 is 0 Å². The lowest BCUT2D eigenvalue weighted by Crippen LogP contribution is -2.04. The van der Waals surface area contributed by atoms with Crippen molar-refractivity contribution in [3.05, 3.63) is 82.6 Å². The molecule has 2 heterocycles. The van der Waals surface area contributed by atoms with Crippen LogP contribution in [-0.2, 0) is 18.7 Å². The molecule has 4 rings (SSSR count). The molecular formula is C20H18N4S2. The van der Waals surface area contributed by atoms with Gasteiger partial charge < -0.3 is 0 Å². The highest BCUT2D eigenvalue weighted by atomic mass is 32.2. The maximum absolute atomic E-state index is 4.16. The number of aryl methyl sites for hydroxylation is 2. The first-order valence-corrected chi connectivity index (χ1v) is 10.3. The Bertz CT molecular complexity index is 932. The van der Waals surface area contributed by atoms with E-state index in [1.165, 1.54) is 21.6 Å². The first kappa shape index (κ1) is 17.0. The Labute approximate surface area is 160 Å². The predicted molar refractivity (Wildman–Crippen MR) is 107 cm³/mol. The number of benzene rings is 2. The quantitative estimate of drug-likeness (QED) is 0.427. The zero-order chi connectivity index (χ0) is 17.6. The zero-order valence-corrected chi connectivity index (χ0v) is 15.8. The highest BCUT2D eigenvalue weighted by molar-refractivity contribution is 7.98. The van der Waals surface area contributed by atoms with Crippen molar-refractivity contribution in [3.63, 3.8) is 0 Å². The summed E-state index contributed by atoms with van der Waals surface area (Å²) in [6.45, 7) is 0.808. The number of thioether (sulfide) groups is 1. The van der Waals surface area contributed by atoms with Crippen LogP contribution in [-0.4, -0.2) is 20.2 Å². The number of nitrogens with zero attached hydrogens (tertiary/aromatic N) is 4. The first-order chi connectivity index (χ1) is 12.9. The third-order valence-electron chi connectivity index (χ3n) is 4.08. The summed E-state index contributed by atoms with van der Waals surface area (Å²) in [4.78, 5) is 1.35. The number of aromatic nitrogens is 4. The standard InChI is InChI=1S/C20H18N4S2/c1-2-5-17(6-3-1)18-10-8-16(9-11-18)15-26-20-21-22-23-24(20)13-12-19-7-4-14-25-19/h1-11,14H,12-13,15H2. The van der Waals surface area contributed by atoms with Gasteiger partial charge in [-0.1, -0.05) is 72.4 Å². The van der Waals surface area contributed by atoms with Crippen LogP contribution in [0.5, 0.6) is 0 Å². The highest BCUT2D eigenvalue weighted by Crippen LogP contribution is 2.24. The van der Waals surface area contributed by atoms with E-state index in [2.05, 4.69) is 81.6 Å². The van der Waals surface area contributed by atoms with Crippen molar-refractivity contribution in [1.82, 2.24) is 20.2 Å². The van der Waals surface area contributed by atoms with Gasteiger partial charge >= 0.3 is 0 Å². The van der Waals surface area contributed by atoms with Gasteiger partial charge in [0.2, 0.25) is 5.16 Å². The van der Waals surface area contributed by atoms with Gasteiger partial charge in [0.15, 0.2) is 0 Å². The maximum atomic E-state index is 4.16. The zero-order valence-electron chi connectivity index (χ0n) is 14.2. The minimum Gasteiger partial charge on any atom is -0.220 e. The molecule has 4 aromatic rings. The summed E-state index contributed by atoms with van der Waals surface area (Å²) in [5.74, 6) is 0.856. The molecule has 0 atom stereocenters. The predicted octanol–water partition coefficient (Wildman–Crippen LogP) is 4.94. The number of rotatable bonds is 7. The van der Waals surface area contributed by atoms with Gasteiger partial charge in [0.1, 0.15) is 0 Å². The van der Waals surface area contributed by atoms with Gasteiger partial charge in [0.25, 0.3) is 0 Å².